The molecule has 4 N–H and O–H groups in total. The maximum atomic E-state index is 12.7. The first-order valence-corrected chi connectivity index (χ1v) is 12.2. The van der Waals surface area contributed by atoms with Gasteiger partial charge in [0.25, 0.3) is 0 Å². The molecule has 0 spiro atoms. The summed E-state index contributed by atoms with van der Waals surface area (Å²) < 4.78 is 32.7. The summed E-state index contributed by atoms with van der Waals surface area (Å²) in [5, 5.41) is 10.7. The maximum Gasteiger partial charge on any atom is 0.411 e. The Morgan fingerprint density at radius 2 is 1.84 bits per heavy atom. The van der Waals surface area contributed by atoms with Gasteiger partial charge >= 0.3 is 6.09 Å². The smallest absolute Gasteiger partial charge is 0.411 e. The minimum absolute atomic E-state index is 0.0140. The molecule has 0 saturated heterocycles. The van der Waals surface area contributed by atoms with Crippen molar-refractivity contribution < 1.29 is 27.9 Å². The monoisotopic (exact) mass is 511 g/mol. The van der Waals surface area contributed by atoms with Crippen molar-refractivity contribution in [2.24, 2.45) is 11.7 Å². The van der Waals surface area contributed by atoms with Gasteiger partial charge in [-0.1, -0.05) is 37.0 Å². The standard InChI is InChI=1S/C20H31Cl2N3O6S/c1-12(2)8-16(18(23)27)25(19(28)31-20(3,4)5)11-14(26)10-24-32(29,30)17-7-6-13(21)9-15(17)22/h6-7,9,12,14,16,24,26H,8,10-11H2,1-5H3,(H2,23,27)/t14-,16-/m0/s1. The Hall–Kier alpha value is -1.59. The highest BCUT2D eigenvalue weighted by Crippen LogP contribution is 2.25. The molecule has 0 radical (unpaired) electrons. The van der Waals surface area contributed by atoms with Crippen molar-refractivity contribution >= 4 is 45.2 Å². The number of hydrogen-bond donors (Lipinski definition) is 3. The molecular formula is C20H31Cl2N3O6S. The van der Waals surface area contributed by atoms with Crippen molar-refractivity contribution in [3.63, 3.8) is 0 Å². The maximum absolute atomic E-state index is 12.7. The fourth-order valence-corrected chi connectivity index (χ4v) is 4.60. The predicted octanol–water partition coefficient (Wildman–Crippen LogP) is 2.77. The van der Waals surface area contributed by atoms with Gasteiger partial charge in [-0.3, -0.25) is 9.69 Å². The fraction of sp³-hybridized carbons (Fsp3) is 0.600. The molecule has 2 atom stereocenters. The van der Waals surface area contributed by atoms with E-state index in [2.05, 4.69) is 4.72 Å². The summed E-state index contributed by atoms with van der Waals surface area (Å²) in [7, 11) is -4.07. The Labute approximate surface area is 199 Å². The minimum Gasteiger partial charge on any atom is -0.444 e. The first kappa shape index (κ1) is 28.4. The molecule has 0 aliphatic heterocycles. The summed E-state index contributed by atoms with van der Waals surface area (Å²) in [6, 6.07) is 2.84. The Bertz CT molecular complexity index is 918. The second kappa shape index (κ2) is 11.5. The Morgan fingerprint density at radius 3 is 2.31 bits per heavy atom. The number of carbonyl (C=O) groups excluding carboxylic acids is 2. The van der Waals surface area contributed by atoms with E-state index in [0.29, 0.717) is 0 Å². The highest BCUT2D eigenvalue weighted by atomic mass is 35.5. The summed E-state index contributed by atoms with van der Waals surface area (Å²) in [6.07, 6.45) is -1.96. The number of nitrogens with one attached hydrogen (secondary N) is 1. The number of rotatable bonds is 10. The molecule has 32 heavy (non-hydrogen) atoms. The average Bonchev–Trinajstić information content (AvgIpc) is 2.60. The number of aliphatic hydroxyl groups excluding tert-OH is 1. The van der Waals surface area contributed by atoms with E-state index in [-0.39, 0.29) is 33.8 Å². The lowest BCUT2D eigenvalue weighted by Gasteiger charge is -2.34. The lowest BCUT2D eigenvalue weighted by atomic mass is 10.0. The van der Waals surface area contributed by atoms with Crippen LogP contribution in [0, 0.1) is 5.92 Å². The fourth-order valence-electron chi connectivity index (χ4n) is 2.76. The Kier molecular flexibility index (Phi) is 10.2. The minimum atomic E-state index is -4.07. The van der Waals surface area contributed by atoms with E-state index in [1.54, 1.807) is 20.8 Å². The van der Waals surface area contributed by atoms with Gasteiger partial charge in [0.05, 0.1) is 17.7 Å². The zero-order valence-corrected chi connectivity index (χ0v) is 21.1. The van der Waals surface area contributed by atoms with Crippen LogP contribution in [0.4, 0.5) is 4.79 Å². The van der Waals surface area contributed by atoms with E-state index >= 15 is 0 Å². The second-order valence-electron chi connectivity index (χ2n) is 8.76. The van der Waals surface area contributed by atoms with Gasteiger partial charge in [-0.25, -0.2) is 17.9 Å². The molecule has 9 nitrogen and oxygen atoms in total. The molecule has 1 rings (SSSR count). The Balaban J connectivity index is 3.02. The molecule has 0 unspecified atom stereocenters. The van der Waals surface area contributed by atoms with Crippen LogP contribution in [-0.2, 0) is 19.6 Å². The number of nitrogens with zero attached hydrogens (tertiary/aromatic N) is 1. The molecule has 2 amide bonds. The quantitative estimate of drug-likeness (QED) is 0.441. The summed E-state index contributed by atoms with van der Waals surface area (Å²) in [5.41, 5.74) is 4.65. The molecule has 0 heterocycles. The molecule has 0 saturated carbocycles. The third-order valence-corrected chi connectivity index (χ3v) is 6.27. The number of carbonyl (C=O) groups is 2. The van der Waals surface area contributed by atoms with Crippen LogP contribution in [0.3, 0.4) is 0 Å². The number of benzene rings is 1. The van der Waals surface area contributed by atoms with Crippen molar-refractivity contribution in [3.05, 3.63) is 28.2 Å². The highest BCUT2D eigenvalue weighted by molar-refractivity contribution is 7.89. The molecule has 182 valence electrons. The number of amides is 2. The lowest BCUT2D eigenvalue weighted by molar-refractivity contribution is -0.124. The molecule has 0 fully saturated rings. The van der Waals surface area contributed by atoms with Crippen LogP contribution in [0.25, 0.3) is 0 Å². The van der Waals surface area contributed by atoms with Gasteiger partial charge in [0.2, 0.25) is 15.9 Å². The number of aliphatic hydroxyl groups is 1. The number of halogens is 2. The molecule has 0 aromatic heterocycles. The van der Waals surface area contributed by atoms with E-state index in [1.165, 1.54) is 18.2 Å². The van der Waals surface area contributed by atoms with Gasteiger partial charge in [0.1, 0.15) is 16.5 Å². The first-order chi connectivity index (χ1) is 14.5. The molecule has 12 heteroatoms. The van der Waals surface area contributed by atoms with Crippen LogP contribution in [-0.4, -0.2) is 61.3 Å². The molecule has 0 aliphatic rings. The van der Waals surface area contributed by atoms with Crippen LogP contribution >= 0.6 is 23.2 Å². The van der Waals surface area contributed by atoms with Crippen LogP contribution in [0.1, 0.15) is 41.0 Å². The van der Waals surface area contributed by atoms with E-state index in [4.69, 9.17) is 33.7 Å². The van der Waals surface area contributed by atoms with Crippen LogP contribution in [0.5, 0.6) is 0 Å². The van der Waals surface area contributed by atoms with Crippen molar-refractivity contribution in [2.45, 2.75) is 63.7 Å². The first-order valence-electron chi connectivity index (χ1n) is 9.95. The van der Waals surface area contributed by atoms with Crippen molar-refractivity contribution in [1.29, 1.82) is 0 Å². The lowest BCUT2D eigenvalue weighted by Crippen LogP contribution is -2.53. The van der Waals surface area contributed by atoms with Crippen molar-refractivity contribution in [2.75, 3.05) is 13.1 Å². The summed E-state index contributed by atoms with van der Waals surface area (Å²) in [5.74, 6) is -0.745. The van der Waals surface area contributed by atoms with E-state index in [9.17, 15) is 23.1 Å². The highest BCUT2D eigenvalue weighted by Gasteiger charge is 2.34. The number of sulfonamides is 1. The van der Waals surface area contributed by atoms with E-state index in [0.717, 1.165) is 4.90 Å². The molecule has 1 aromatic rings. The topological polar surface area (TPSA) is 139 Å². The largest absolute Gasteiger partial charge is 0.444 e. The molecule has 0 aliphatic carbocycles. The third-order valence-electron chi connectivity index (χ3n) is 4.13. The van der Waals surface area contributed by atoms with Crippen molar-refractivity contribution in [3.8, 4) is 0 Å². The van der Waals surface area contributed by atoms with Gasteiger partial charge < -0.3 is 15.6 Å². The molecule has 0 bridgehead atoms. The van der Waals surface area contributed by atoms with E-state index < -0.39 is 46.3 Å². The van der Waals surface area contributed by atoms with E-state index in [1.807, 2.05) is 13.8 Å². The number of ether oxygens (including phenoxy) is 1. The van der Waals surface area contributed by atoms with Gasteiger partial charge in [0, 0.05) is 11.6 Å². The van der Waals surface area contributed by atoms with Crippen LogP contribution < -0.4 is 10.5 Å². The zero-order valence-electron chi connectivity index (χ0n) is 18.8. The van der Waals surface area contributed by atoms with Crippen LogP contribution in [0.2, 0.25) is 10.0 Å². The summed E-state index contributed by atoms with van der Waals surface area (Å²) in [4.78, 5) is 25.6. The zero-order chi connectivity index (χ0) is 24.9. The SMILES string of the molecule is CC(C)C[C@@H](C(N)=O)N(C[C@@H](O)CNS(=O)(=O)c1ccc(Cl)cc1Cl)C(=O)OC(C)(C)C. The number of nitrogens with two attached hydrogens (primary N) is 1. The van der Waals surface area contributed by atoms with Gasteiger partial charge in [-0.2, -0.15) is 0 Å². The van der Waals surface area contributed by atoms with Gasteiger partial charge in [-0.05, 0) is 51.3 Å². The summed E-state index contributed by atoms with van der Waals surface area (Å²) in [6.45, 7) is 7.84. The van der Waals surface area contributed by atoms with Crippen molar-refractivity contribution in [1.82, 2.24) is 9.62 Å². The normalized spacial score (nSPS) is 14.2. The number of primary amides is 1. The third kappa shape index (κ3) is 9.11. The van der Waals surface area contributed by atoms with Gasteiger partial charge in [0.15, 0.2) is 0 Å². The second-order valence-corrected chi connectivity index (χ2v) is 11.3. The summed E-state index contributed by atoms with van der Waals surface area (Å²) >= 11 is 11.7. The van der Waals surface area contributed by atoms with Gasteiger partial charge in [-0.15, -0.1) is 0 Å². The van der Waals surface area contributed by atoms with Crippen LogP contribution in [0.15, 0.2) is 23.1 Å². The average molecular weight is 512 g/mol. The molecular weight excluding hydrogens is 481 g/mol. The number of hydrogen-bond acceptors (Lipinski definition) is 6. The Morgan fingerprint density at radius 1 is 1.25 bits per heavy atom. The molecule has 1 aromatic carbocycles. The predicted molar refractivity (Wildman–Crippen MR) is 123 cm³/mol.